The van der Waals surface area contributed by atoms with Gasteiger partial charge >= 0.3 is 12.3 Å². The average Bonchev–Trinajstić information content (AvgIpc) is 3.18. The van der Waals surface area contributed by atoms with Crippen LogP contribution in [0.3, 0.4) is 0 Å². The van der Waals surface area contributed by atoms with Gasteiger partial charge in [0.05, 0.1) is 11.0 Å². The minimum Gasteiger partial charge on any atom is -0.444 e. The fraction of sp³-hybridized carbons (Fsp3) is 0.750. The van der Waals surface area contributed by atoms with Gasteiger partial charge in [0.25, 0.3) is 0 Å². The molecule has 0 radical (unpaired) electrons. The highest BCUT2D eigenvalue weighted by Gasteiger charge is 2.48. The minimum atomic E-state index is -4.50. The highest BCUT2D eigenvalue weighted by molar-refractivity contribution is 6.72. The van der Waals surface area contributed by atoms with Crippen LogP contribution in [-0.2, 0) is 28.7 Å². The number of alkyl carbamates (subject to hydrolysis) is 1. The summed E-state index contributed by atoms with van der Waals surface area (Å²) in [6.45, 7) is 13.8. The zero-order valence-electron chi connectivity index (χ0n) is 24.3. The fourth-order valence-corrected chi connectivity index (χ4v) is 6.31. The molecule has 1 aliphatic heterocycles. The Balaban J connectivity index is 1.80. The number of ether oxygens (including phenoxy) is 1. The SMILES string of the molecule is CC(C)(C)OC(=O)N[C@@H]1CC[C@](CCCC(C)(C)[Si](C)(C)O)(C(=O)N2CCc3ncc(C(F)(F)F)cc3C2)C1. The third-order valence-electron chi connectivity index (χ3n) is 8.55. The van der Waals surface area contributed by atoms with E-state index in [1.807, 2.05) is 13.1 Å². The van der Waals surface area contributed by atoms with Crippen LogP contribution in [0.25, 0.3) is 0 Å². The van der Waals surface area contributed by atoms with Crippen LogP contribution in [0.5, 0.6) is 0 Å². The van der Waals surface area contributed by atoms with Gasteiger partial charge in [0, 0.05) is 37.4 Å². The number of nitrogens with zero attached hydrogens (tertiary/aromatic N) is 2. The summed E-state index contributed by atoms with van der Waals surface area (Å²) < 4.78 is 45.3. The molecule has 0 aromatic carbocycles. The molecule has 1 fully saturated rings. The van der Waals surface area contributed by atoms with Crippen molar-refractivity contribution in [1.82, 2.24) is 15.2 Å². The number of nitrogens with one attached hydrogen (secondary N) is 1. The largest absolute Gasteiger partial charge is 0.444 e. The molecule has 2 aliphatic rings. The molecular formula is C28H44F3N3O4Si. The van der Waals surface area contributed by atoms with Crippen LogP contribution in [0.4, 0.5) is 18.0 Å². The quantitative estimate of drug-likeness (QED) is 0.381. The lowest BCUT2D eigenvalue weighted by atomic mass is 9.78. The Hall–Kier alpha value is -2.14. The molecule has 0 unspecified atom stereocenters. The summed E-state index contributed by atoms with van der Waals surface area (Å²) in [6, 6.07) is 0.864. The molecule has 2 atom stereocenters. The second-order valence-corrected chi connectivity index (χ2v) is 17.9. The molecule has 0 saturated heterocycles. The van der Waals surface area contributed by atoms with Gasteiger partial charge in [0.2, 0.25) is 5.91 Å². The van der Waals surface area contributed by atoms with Crippen LogP contribution >= 0.6 is 0 Å². The van der Waals surface area contributed by atoms with Gasteiger partial charge in [-0.3, -0.25) is 9.78 Å². The molecule has 1 saturated carbocycles. The van der Waals surface area contributed by atoms with Crippen molar-refractivity contribution >= 4 is 20.3 Å². The standard InChI is InChI=1S/C28H44F3N3O4Si/c1-25(2,3)38-24(36)33-21-9-13-27(16-21,12-8-11-26(4,5)39(6,7)37)23(35)34-14-10-22-19(18-34)15-20(17-32-22)28(29,30)31/h15,17,21,37H,8-14,16,18H2,1-7H3,(H,33,36)/t21-,27+/m1/s1. The molecule has 2 amide bonds. The van der Waals surface area contributed by atoms with Crippen LogP contribution in [0.15, 0.2) is 12.3 Å². The fourth-order valence-electron chi connectivity index (χ4n) is 5.52. The second-order valence-electron chi connectivity index (χ2n) is 13.5. The van der Waals surface area contributed by atoms with Crippen molar-refractivity contribution in [2.24, 2.45) is 5.41 Å². The highest BCUT2D eigenvalue weighted by Crippen LogP contribution is 2.48. The molecule has 0 spiro atoms. The van der Waals surface area contributed by atoms with Gasteiger partial charge in [0.1, 0.15) is 5.60 Å². The lowest BCUT2D eigenvalue weighted by Gasteiger charge is -2.39. The van der Waals surface area contributed by atoms with Crippen LogP contribution in [0, 0.1) is 5.41 Å². The van der Waals surface area contributed by atoms with Crippen LogP contribution in [0.1, 0.15) is 90.0 Å². The van der Waals surface area contributed by atoms with Gasteiger partial charge in [0.15, 0.2) is 8.32 Å². The minimum absolute atomic E-state index is 0.0824. The van der Waals surface area contributed by atoms with Gasteiger partial charge in [-0.25, -0.2) is 4.79 Å². The van der Waals surface area contributed by atoms with E-state index in [0.29, 0.717) is 49.9 Å². The number of halogens is 3. The van der Waals surface area contributed by atoms with E-state index in [9.17, 15) is 27.6 Å². The first kappa shape index (κ1) is 31.4. The second kappa shape index (κ2) is 11.0. The van der Waals surface area contributed by atoms with E-state index in [0.717, 1.165) is 25.1 Å². The summed E-state index contributed by atoms with van der Waals surface area (Å²) in [7, 11) is -2.43. The number of amides is 2. The molecule has 1 aliphatic carbocycles. The van der Waals surface area contributed by atoms with Crippen LogP contribution in [0.2, 0.25) is 18.1 Å². The Kier molecular flexibility index (Phi) is 8.87. The molecule has 7 nitrogen and oxygen atoms in total. The number of aromatic nitrogens is 1. The molecule has 11 heteroatoms. The Morgan fingerprint density at radius 2 is 1.90 bits per heavy atom. The predicted octanol–water partition coefficient (Wildman–Crippen LogP) is 6.20. The van der Waals surface area contributed by atoms with E-state index in [1.165, 1.54) is 0 Å². The summed E-state index contributed by atoms with van der Waals surface area (Å²) in [4.78, 5) is 43.0. The predicted molar refractivity (Wildman–Crippen MR) is 145 cm³/mol. The summed E-state index contributed by atoms with van der Waals surface area (Å²) >= 11 is 0. The molecule has 2 heterocycles. The third kappa shape index (κ3) is 7.74. The summed E-state index contributed by atoms with van der Waals surface area (Å²) in [5, 5.41) is 2.68. The monoisotopic (exact) mass is 571 g/mol. The number of hydrogen-bond acceptors (Lipinski definition) is 5. The Morgan fingerprint density at radius 1 is 1.23 bits per heavy atom. The van der Waals surface area contributed by atoms with E-state index in [2.05, 4.69) is 24.1 Å². The first-order valence-electron chi connectivity index (χ1n) is 13.8. The number of hydrogen-bond donors (Lipinski definition) is 2. The number of carbonyl (C=O) groups excluding carboxylic acids is 2. The molecule has 39 heavy (non-hydrogen) atoms. The van der Waals surface area contributed by atoms with Gasteiger partial charge in [-0.15, -0.1) is 0 Å². The normalized spacial score (nSPS) is 22.4. The molecule has 1 aromatic rings. The van der Waals surface area contributed by atoms with Crippen molar-refractivity contribution in [2.75, 3.05) is 6.54 Å². The first-order chi connectivity index (χ1) is 17.7. The van der Waals surface area contributed by atoms with Crippen molar-refractivity contribution in [1.29, 1.82) is 0 Å². The van der Waals surface area contributed by atoms with Crippen LogP contribution < -0.4 is 5.32 Å². The smallest absolute Gasteiger partial charge is 0.417 e. The van der Waals surface area contributed by atoms with Crippen molar-refractivity contribution in [2.45, 2.75) is 122 Å². The maximum atomic E-state index is 14.1. The van der Waals surface area contributed by atoms with Crippen LogP contribution in [-0.4, -0.2) is 53.2 Å². The molecule has 0 bridgehead atoms. The zero-order chi connectivity index (χ0) is 29.4. The number of carbonyl (C=O) groups is 2. The van der Waals surface area contributed by atoms with Crippen molar-refractivity contribution < 1.29 is 32.3 Å². The van der Waals surface area contributed by atoms with Gasteiger partial charge in [-0.05, 0) is 82.6 Å². The maximum absolute atomic E-state index is 14.1. The van der Waals surface area contributed by atoms with Crippen molar-refractivity contribution in [3.8, 4) is 0 Å². The Morgan fingerprint density at radius 3 is 2.49 bits per heavy atom. The number of alkyl halides is 3. The highest BCUT2D eigenvalue weighted by atomic mass is 28.4. The van der Waals surface area contributed by atoms with E-state index >= 15 is 0 Å². The van der Waals surface area contributed by atoms with Crippen molar-refractivity contribution in [3.63, 3.8) is 0 Å². The zero-order valence-corrected chi connectivity index (χ0v) is 25.3. The maximum Gasteiger partial charge on any atom is 0.417 e. The molecule has 2 N–H and O–H groups in total. The summed E-state index contributed by atoms with van der Waals surface area (Å²) in [6.07, 6.45) is -0.105. The third-order valence-corrected chi connectivity index (χ3v) is 12.1. The van der Waals surface area contributed by atoms with E-state index in [1.54, 1.807) is 25.7 Å². The first-order valence-corrected chi connectivity index (χ1v) is 16.7. The molecular weight excluding hydrogens is 527 g/mol. The van der Waals surface area contributed by atoms with Gasteiger partial charge < -0.3 is 19.7 Å². The number of pyridine rings is 1. The van der Waals surface area contributed by atoms with E-state index in [-0.39, 0.29) is 23.5 Å². The molecule has 1 aromatic heterocycles. The van der Waals surface area contributed by atoms with E-state index < -0.39 is 37.2 Å². The Labute approximate surface area is 231 Å². The molecule has 220 valence electrons. The lowest BCUT2D eigenvalue weighted by Crippen LogP contribution is -2.46. The Bertz CT molecular complexity index is 1070. The van der Waals surface area contributed by atoms with Gasteiger partial charge in [-0.2, -0.15) is 13.2 Å². The van der Waals surface area contributed by atoms with E-state index in [4.69, 9.17) is 4.74 Å². The van der Waals surface area contributed by atoms with Gasteiger partial charge in [-0.1, -0.05) is 20.3 Å². The number of rotatable bonds is 7. The number of fused-ring (bicyclic) bond motifs is 1. The molecule has 3 rings (SSSR count). The summed E-state index contributed by atoms with van der Waals surface area (Å²) in [5.41, 5.74) is -1.19. The lowest BCUT2D eigenvalue weighted by molar-refractivity contribution is -0.143. The van der Waals surface area contributed by atoms with Crippen molar-refractivity contribution in [3.05, 3.63) is 29.1 Å². The topological polar surface area (TPSA) is 91.8 Å². The average molecular weight is 572 g/mol. The summed E-state index contributed by atoms with van der Waals surface area (Å²) in [5.74, 6) is -0.0858.